The molecule has 1 aromatic rings. The first kappa shape index (κ1) is 15.9. The third kappa shape index (κ3) is 4.87. The van der Waals surface area contributed by atoms with E-state index >= 15 is 0 Å². The molecule has 20 heavy (non-hydrogen) atoms. The lowest BCUT2D eigenvalue weighted by Crippen LogP contribution is -2.25. The largest absolute Gasteiger partial charge is 0.481 e. The molecule has 2 N–H and O–H groups in total. The van der Waals surface area contributed by atoms with Crippen molar-refractivity contribution in [1.29, 1.82) is 0 Å². The van der Waals surface area contributed by atoms with Gasteiger partial charge in [-0.1, -0.05) is 13.8 Å². The summed E-state index contributed by atoms with van der Waals surface area (Å²) < 4.78 is 0. The number of aromatic nitrogens is 1. The molecular weight excluding hydrogens is 258 g/mol. The van der Waals surface area contributed by atoms with Crippen LogP contribution in [0.15, 0.2) is 18.5 Å². The number of pyridine rings is 1. The van der Waals surface area contributed by atoms with Gasteiger partial charge in [-0.3, -0.25) is 14.6 Å². The van der Waals surface area contributed by atoms with Crippen molar-refractivity contribution in [2.75, 3.05) is 24.3 Å². The highest BCUT2D eigenvalue weighted by molar-refractivity contribution is 5.94. The second kappa shape index (κ2) is 6.36. The Labute approximate surface area is 118 Å². The number of carbonyl (C=O) groups is 2. The summed E-state index contributed by atoms with van der Waals surface area (Å²) in [5.74, 6) is -1.12. The van der Waals surface area contributed by atoms with Gasteiger partial charge in [-0.25, -0.2) is 0 Å². The van der Waals surface area contributed by atoms with Crippen molar-refractivity contribution in [3.8, 4) is 0 Å². The number of anilines is 2. The predicted octanol–water partition coefficient (Wildman–Crippen LogP) is 1.98. The van der Waals surface area contributed by atoms with E-state index in [-0.39, 0.29) is 18.7 Å². The van der Waals surface area contributed by atoms with Crippen LogP contribution in [0.3, 0.4) is 0 Å². The Kier molecular flexibility index (Phi) is 5.07. The number of hydrogen-bond acceptors (Lipinski definition) is 4. The van der Waals surface area contributed by atoms with E-state index in [4.69, 9.17) is 5.11 Å². The SMILES string of the molecule is CN(C)c1ccncc1NC(=O)CC(C)(C)CC(=O)O. The van der Waals surface area contributed by atoms with Crippen molar-refractivity contribution in [2.24, 2.45) is 5.41 Å². The lowest BCUT2D eigenvalue weighted by molar-refractivity contribution is -0.139. The van der Waals surface area contributed by atoms with Crippen LogP contribution in [0.2, 0.25) is 0 Å². The summed E-state index contributed by atoms with van der Waals surface area (Å²) in [5, 5.41) is 11.6. The maximum Gasteiger partial charge on any atom is 0.303 e. The summed E-state index contributed by atoms with van der Waals surface area (Å²) in [7, 11) is 3.75. The summed E-state index contributed by atoms with van der Waals surface area (Å²) in [4.78, 5) is 28.6. The van der Waals surface area contributed by atoms with Gasteiger partial charge < -0.3 is 15.3 Å². The fourth-order valence-corrected chi connectivity index (χ4v) is 1.97. The van der Waals surface area contributed by atoms with E-state index in [1.807, 2.05) is 19.0 Å². The van der Waals surface area contributed by atoms with Gasteiger partial charge in [0.1, 0.15) is 0 Å². The molecule has 0 aliphatic rings. The van der Waals surface area contributed by atoms with Gasteiger partial charge in [-0.15, -0.1) is 0 Å². The molecule has 110 valence electrons. The Morgan fingerprint density at radius 2 is 2.00 bits per heavy atom. The maximum absolute atomic E-state index is 12.0. The maximum atomic E-state index is 12.0. The van der Waals surface area contributed by atoms with Crippen LogP contribution < -0.4 is 10.2 Å². The molecule has 0 aliphatic carbocycles. The second-order valence-corrected chi connectivity index (χ2v) is 5.75. The van der Waals surface area contributed by atoms with E-state index in [9.17, 15) is 9.59 Å². The number of carbonyl (C=O) groups excluding carboxylic acids is 1. The molecule has 0 saturated carbocycles. The summed E-state index contributed by atoms with van der Waals surface area (Å²) >= 11 is 0. The van der Waals surface area contributed by atoms with Crippen LogP contribution in [0.1, 0.15) is 26.7 Å². The van der Waals surface area contributed by atoms with E-state index in [1.165, 1.54) is 0 Å². The first-order valence-corrected chi connectivity index (χ1v) is 6.34. The molecule has 0 bridgehead atoms. The lowest BCUT2D eigenvalue weighted by atomic mass is 9.85. The molecule has 1 amide bonds. The summed E-state index contributed by atoms with van der Waals surface area (Å²) in [6, 6.07) is 1.80. The topological polar surface area (TPSA) is 82.5 Å². The molecular formula is C14H21N3O3. The van der Waals surface area contributed by atoms with Crippen LogP contribution in [0.4, 0.5) is 11.4 Å². The van der Waals surface area contributed by atoms with Crippen molar-refractivity contribution in [3.63, 3.8) is 0 Å². The Morgan fingerprint density at radius 3 is 2.55 bits per heavy atom. The highest BCUT2D eigenvalue weighted by Gasteiger charge is 2.25. The number of carboxylic acid groups (broad SMARTS) is 1. The molecule has 0 aliphatic heterocycles. The van der Waals surface area contributed by atoms with Gasteiger partial charge in [0.05, 0.1) is 24.0 Å². The fourth-order valence-electron chi connectivity index (χ4n) is 1.97. The number of rotatable bonds is 6. The van der Waals surface area contributed by atoms with Crippen LogP contribution in [-0.2, 0) is 9.59 Å². The first-order valence-electron chi connectivity index (χ1n) is 6.34. The number of hydrogen-bond donors (Lipinski definition) is 2. The van der Waals surface area contributed by atoms with Crippen molar-refractivity contribution >= 4 is 23.3 Å². The first-order chi connectivity index (χ1) is 9.21. The van der Waals surface area contributed by atoms with Gasteiger partial charge in [0.2, 0.25) is 5.91 Å². The standard InChI is InChI=1S/C14H21N3O3/c1-14(2,8-13(19)20)7-12(18)16-10-9-15-6-5-11(10)17(3)4/h5-6,9H,7-8H2,1-4H3,(H,16,18)(H,19,20). The number of nitrogens with zero attached hydrogens (tertiary/aromatic N) is 2. The highest BCUT2D eigenvalue weighted by Crippen LogP contribution is 2.27. The summed E-state index contributed by atoms with van der Waals surface area (Å²) in [6.07, 6.45) is 3.33. The highest BCUT2D eigenvalue weighted by atomic mass is 16.4. The minimum atomic E-state index is -0.904. The number of amides is 1. The number of nitrogens with one attached hydrogen (secondary N) is 1. The molecule has 6 heteroatoms. The zero-order valence-electron chi connectivity index (χ0n) is 12.3. The van der Waals surface area contributed by atoms with Crippen molar-refractivity contribution in [1.82, 2.24) is 4.98 Å². The number of aliphatic carboxylic acids is 1. The van der Waals surface area contributed by atoms with Gasteiger partial charge in [-0.2, -0.15) is 0 Å². The minimum absolute atomic E-state index is 0.0476. The van der Waals surface area contributed by atoms with E-state index in [2.05, 4.69) is 10.3 Å². The normalized spacial score (nSPS) is 11.0. The van der Waals surface area contributed by atoms with Crippen molar-refractivity contribution < 1.29 is 14.7 Å². The Morgan fingerprint density at radius 1 is 1.35 bits per heavy atom. The van der Waals surface area contributed by atoms with Crippen molar-refractivity contribution in [3.05, 3.63) is 18.5 Å². The molecule has 0 radical (unpaired) electrons. The molecule has 1 heterocycles. The smallest absolute Gasteiger partial charge is 0.303 e. The summed E-state index contributed by atoms with van der Waals surface area (Å²) in [6.45, 7) is 3.52. The number of carboxylic acids is 1. The molecule has 0 spiro atoms. The predicted molar refractivity (Wildman–Crippen MR) is 77.8 cm³/mol. The molecule has 1 rings (SSSR count). The van der Waals surface area contributed by atoms with E-state index < -0.39 is 11.4 Å². The third-order valence-electron chi connectivity index (χ3n) is 2.82. The summed E-state index contributed by atoms with van der Waals surface area (Å²) in [5.41, 5.74) is 0.883. The van der Waals surface area contributed by atoms with E-state index in [1.54, 1.807) is 32.3 Å². The molecule has 0 fully saturated rings. The van der Waals surface area contributed by atoms with Crippen LogP contribution in [0, 0.1) is 5.41 Å². The monoisotopic (exact) mass is 279 g/mol. The van der Waals surface area contributed by atoms with Crippen LogP contribution >= 0.6 is 0 Å². The van der Waals surface area contributed by atoms with Crippen LogP contribution in [-0.4, -0.2) is 36.1 Å². The zero-order chi connectivity index (χ0) is 15.3. The Balaban J connectivity index is 2.74. The van der Waals surface area contributed by atoms with E-state index in [0.717, 1.165) is 5.69 Å². The molecule has 0 atom stereocenters. The van der Waals surface area contributed by atoms with Crippen LogP contribution in [0.5, 0.6) is 0 Å². The molecule has 0 unspecified atom stereocenters. The van der Waals surface area contributed by atoms with Gasteiger partial charge in [0, 0.05) is 26.7 Å². The van der Waals surface area contributed by atoms with E-state index in [0.29, 0.717) is 5.69 Å². The van der Waals surface area contributed by atoms with Gasteiger partial charge >= 0.3 is 5.97 Å². The van der Waals surface area contributed by atoms with Gasteiger partial charge in [0.25, 0.3) is 0 Å². The quantitative estimate of drug-likeness (QED) is 0.832. The average Bonchev–Trinajstić information content (AvgIpc) is 2.26. The van der Waals surface area contributed by atoms with Crippen molar-refractivity contribution in [2.45, 2.75) is 26.7 Å². The second-order valence-electron chi connectivity index (χ2n) is 5.75. The molecule has 0 saturated heterocycles. The molecule has 1 aromatic heterocycles. The molecule has 0 aromatic carbocycles. The van der Waals surface area contributed by atoms with Crippen LogP contribution in [0.25, 0.3) is 0 Å². The lowest BCUT2D eigenvalue weighted by Gasteiger charge is -2.22. The third-order valence-corrected chi connectivity index (χ3v) is 2.82. The Hall–Kier alpha value is -2.11. The fraction of sp³-hybridized carbons (Fsp3) is 0.500. The van der Waals surface area contributed by atoms with Gasteiger partial charge in [-0.05, 0) is 11.5 Å². The minimum Gasteiger partial charge on any atom is -0.481 e. The van der Waals surface area contributed by atoms with Gasteiger partial charge in [0.15, 0.2) is 0 Å². The Bertz CT molecular complexity index is 498. The molecule has 6 nitrogen and oxygen atoms in total. The zero-order valence-corrected chi connectivity index (χ0v) is 12.3. The average molecular weight is 279 g/mol.